The third-order valence-electron chi connectivity index (χ3n) is 2.79. The molecule has 8 nitrogen and oxygen atoms in total. The van der Waals surface area contributed by atoms with E-state index < -0.39 is 11.9 Å². The molecule has 0 aliphatic carbocycles. The summed E-state index contributed by atoms with van der Waals surface area (Å²) in [7, 11) is 2.51. The molecule has 0 aliphatic heterocycles. The fraction of sp³-hybridized carbons (Fsp3) is 0.143. The van der Waals surface area contributed by atoms with Crippen molar-refractivity contribution in [1.29, 1.82) is 0 Å². The number of aromatic nitrogens is 2. The number of nitrogens with zero attached hydrogens (tertiary/aromatic N) is 2. The van der Waals surface area contributed by atoms with Crippen LogP contribution in [0.4, 0.5) is 11.6 Å². The van der Waals surface area contributed by atoms with Gasteiger partial charge in [-0.3, -0.25) is 0 Å². The average Bonchev–Trinajstić information content (AvgIpc) is 2.52. The Hall–Kier alpha value is -3.16. The van der Waals surface area contributed by atoms with Gasteiger partial charge in [-0.1, -0.05) is 0 Å². The van der Waals surface area contributed by atoms with Gasteiger partial charge in [0.2, 0.25) is 0 Å². The van der Waals surface area contributed by atoms with Crippen LogP contribution in [0.2, 0.25) is 0 Å². The Morgan fingerprint density at radius 1 is 0.818 bits per heavy atom. The molecule has 2 aromatic heterocycles. The fourth-order valence-corrected chi connectivity index (χ4v) is 1.84. The smallest absolute Gasteiger partial charge is 0.338 e. The van der Waals surface area contributed by atoms with Crippen molar-refractivity contribution in [2.75, 3.05) is 25.7 Å². The lowest BCUT2D eigenvalue weighted by atomic mass is 10.1. The van der Waals surface area contributed by atoms with E-state index in [4.69, 9.17) is 11.5 Å². The average molecular weight is 302 g/mol. The van der Waals surface area contributed by atoms with Gasteiger partial charge in [0.15, 0.2) is 0 Å². The van der Waals surface area contributed by atoms with Gasteiger partial charge in [-0.25, -0.2) is 19.6 Å². The van der Waals surface area contributed by atoms with E-state index in [2.05, 4.69) is 19.4 Å². The number of hydrogen-bond donors (Lipinski definition) is 2. The van der Waals surface area contributed by atoms with E-state index in [9.17, 15) is 9.59 Å². The zero-order valence-corrected chi connectivity index (χ0v) is 12.0. The first-order valence-corrected chi connectivity index (χ1v) is 6.16. The Balaban J connectivity index is 2.56. The monoisotopic (exact) mass is 302 g/mol. The molecular weight excluding hydrogens is 288 g/mol. The first-order valence-electron chi connectivity index (χ1n) is 6.16. The highest BCUT2D eigenvalue weighted by Gasteiger charge is 2.14. The van der Waals surface area contributed by atoms with E-state index in [1.807, 2.05) is 0 Å². The van der Waals surface area contributed by atoms with E-state index in [1.165, 1.54) is 38.5 Å². The quantitative estimate of drug-likeness (QED) is 0.799. The van der Waals surface area contributed by atoms with Crippen molar-refractivity contribution >= 4 is 23.6 Å². The van der Waals surface area contributed by atoms with Crippen LogP contribution in [0.3, 0.4) is 0 Å². The Morgan fingerprint density at radius 3 is 1.50 bits per heavy atom. The normalized spacial score (nSPS) is 10.1. The standard InChI is InChI=1S/C14H14N4O4/c1-21-13(19)7-3-9(17-11(15)5-7)10-4-8(14(20)22-2)6-12(16)18-10/h3-6H,1-2H3,(H2,15,17)(H2,16,18). The number of rotatable bonds is 3. The number of carbonyl (C=O) groups excluding carboxylic acids is 2. The van der Waals surface area contributed by atoms with Gasteiger partial charge in [0, 0.05) is 0 Å². The molecular formula is C14H14N4O4. The van der Waals surface area contributed by atoms with Crippen molar-refractivity contribution in [3.05, 3.63) is 35.4 Å². The van der Waals surface area contributed by atoms with Crippen LogP contribution in [0.5, 0.6) is 0 Å². The molecule has 0 radical (unpaired) electrons. The highest BCUT2D eigenvalue weighted by atomic mass is 16.5. The van der Waals surface area contributed by atoms with Crippen LogP contribution in [0.15, 0.2) is 24.3 Å². The summed E-state index contributed by atoms with van der Waals surface area (Å²) < 4.78 is 9.29. The van der Waals surface area contributed by atoms with Crippen molar-refractivity contribution in [1.82, 2.24) is 9.97 Å². The second-order valence-corrected chi connectivity index (χ2v) is 4.32. The zero-order valence-electron chi connectivity index (χ0n) is 12.0. The number of esters is 2. The molecule has 0 bridgehead atoms. The van der Waals surface area contributed by atoms with E-state index in [0.29, 0.717) is 0 Å². The molecule has 2 rings (SSSR count). The molecule has 0 spiro atoms. The second-order valence-electron chi connectivity index (χ2n) is 4.32. The molecule has 0 aromatic carbocycles. The summed E-state index contributed by atoms with van der Waals surface area (Å²) in [5.74, 6) is -0.900. The third-order valence-corrected chi connectivity index (χ3v) is 2.79. The molecule has 22 heavy (non-hydrogen) atoms. The van der Waals surface area contributed by atoms with Gasteiger partial charge in [-0.2, -0.15) is 0 Å². The molecule has 0 aliphatic rings. The highest BCUT2D eigenvalue weighted by Crippen LogP contribution is 2.22. The van der Waals surface area contributed by atoms with E-state index in [1.54, 1.807) is 0 Å². The third kappa shape index (κ3) is 3.11. The Morgan fingerprint density at radius 2 is 1.18 bits per heavy atom. The van der Waals surface area contributed by atoms with E-state index >= 15 is 0 Å². The lowest BCUT2D eigenvalue weighted by molar-refractivity contribution is 0.0591. The van der Waals surface area contributed by atoms with Crippen LogP contribution in [0.25, 0.3) is 11.4 Å². The minimum Gasteiger partial charge on any atom is -0.465 e. The number of pyridine rings is 2. The number of hydrogen-bond acceptors (Lipinski definition) is 8. The van der Waals surface area contributed by atoms with E-state index in [-0.39, 0.29) is 34.2 Å². The van der Waals surface area contributed by atoms with Crippen LogP contribution in [0.1, 0.15) is 20.7 Å². The van der Waals surface area contributed by atoms with Gasteiger partial charge in [-0.15, -0.1) is 0 Å². The minimum absolute atomic E-state index is 0.113. The summed E-state index contributed by atoms with van der Waals surface area (Å²) >= 11 is 0. The number of nitrogens with two attached hydrogens (primary N) is 2. The zero-order chi connectivity index (χ0) is 16.3. The van der Waals surface area contributed by atoms with Crippen molar-refractivity contribution in [3.63, 3.8) is 0 Å². The lowest BCUT2D eigenvalue weighted by Gasteiger charge is -2.07. The van der Waals surface area contributed by atoms with Gasteiger partial charge in [-0.05, 0) is 24.3 Å². The summed E-state index contributed by atoms with van der Waals surface area (Å²) in [4.78, 5) is 31.4. The molecule has 0 amide bonds. The van der Waals surface area contributed by atoms with Crippen LogP contribution in [-0.4, -0.2) is 36.1 Å². The molecule has 2 heterocycles. The maximum Gasteiger partial charge on any atom is 0.338 e. The predicted octanol–water partition coefficient (Wildman–Crippen LogP) is 0.881. The van der Waals surface area contributed by atoms with Gasteiger partial charge in [0.1, 0.15) is 11.6 Å². The van der Waals surface area contributed by atoms with Crippen LogP contribution >= 0.6 is 0 Å². The summed E-state index contributed by atoms with van der Waals surface area (Å²) in [6, 6.07) is 5.65. The molecule has 0 saturated heterocycles. The number of ether oxygens (including phenoxy) is 2. The summed E-state index contributed by atoms with van der Waals surface area (Å²) in [5, 5.41) is 0. The molecule has 4 N–H and O–H groups in total. The minimum atomic E-state index is -0.563. The van der Waals surface area contributed by atoms with Crippen LogP contribution in [0, 0.1) is 0 Å². The molecule has 0 fully saturated rings. The Kier molecular flexibility index (Phi) is 4.21. The van der Waals surface area contributed by atoms with Gasteiger partial charge in [0.05, 0.1) is 36.7 Å². The van der Waals surface area contributed by atoms with Crippen LogP contribution < -0.4 is 11.5 Å². The number of anilines is 2. The highest BCUT2D eigenvalue weighted by molar-refractivity contribution is 5.93. The largest absolute Gasteiger partial charge is 0.465 e. The Labute approximate surface area is 126 Å². The maximum absolute atomic E-state index is 11.6. The van der Waals surface area contributed by atoms with Gasteiger partial charge < -0.3 is 20.9 Å². The fourth-order valence-electron chi connectivity index (χ4n) is 1.84. The molecule has 2 aromatic rings. The maximum atomic E-state index is 11.6. The number of methoxy groups -OCH3 is 2. The topological polar surface area (TPSA) is 130 Å². The van der Waals surface area contributed by atoms with Gasteiger partial charge >= 0.3 is 11.9 Å². The molecule has 0 unspecified atom stereocenters. The summed E-state index contributed by atoms with van der Waals surface area (Å²) in [6.45, 7) is 0. The van der Waals surface area contributed by atoms with Crippen molar-refractivity contribution < 1.29 is 19.1 Å². The number of nitrogen functional groups attached to an aromatic ring is 2. The summed E-state index contributed by atoms with van der Waals surface area (Å²) in [5.41, 5.74) is 12.4. The van der Waals surface area contributed by atoms with Crippen molar-refractivity contribution in [2.24, 2.45) is 0 Å². The SMILES string of the molecule is COC(=O)c1cc(N)nc(-c2cc(C(=O)OC)cc(N)n2)c1. The molecule has 0 saturated carbocycles. The van der Waals surface area contributed by atoms with Crippen LogP contribution in [-0.2, 0) is 9.47 Å². The van der Waals surface area contributed by atoms with Crippen molar-refractivity contribution in [2.45, 2.75) is 0 Å². The number of carbonyl (C=O) groups is 2. The summed E-state index contributed by atoms with van der Waals surface area (Å²) in [6.07, 6.45) is 0. The van der Waals surface area contributed by atoms with Crippen molar-refractivity contribution in [3.8, 4) is 11.4 Å². The first kappa shape index (κ1) is 15.2. The first-order chi connectivity index (χ1) is 10.4. The predicted molar refractivity (Wildman–Crippen MR) is 79.0 cm³/mol. The second kappa shape index (κ2) is 6.08. The Bertz CT molecular complexity index is 682. The lowest BCUT2D eigenvalue weighted by Crippen LogP contribution is -2.07. The molecule has 8 heteroatoms. The van der Waals surface area contributed by atoms with E-state index in [0.717, 1.165) is 0 Å². The van der Waals surface area contributed by atoms with Gasteiger partial charge in [0.25, 0.3) is 0 Å². The molecule has 114 valence electrons. The molecule has 0 atom stereocenters.